The van der Waals surface area contributed by atoms with Crippen LogP contribution in [0.4, 0.5) is 0 Å². The van der Waals surface area contributed by atoms with Crippen molar-refractivity contribution in [1.82, 2.24) is 4.90 Å². The van der Waals surface area contributed by atoms with Crippen LogP contribution in [-0.2, 0) is 20.7 Å². The number of carbonyl (C=O) groups is 1. The van der Waals surface area contributed by atoms with Crippen molar-refractivity contribution in [3.63, 3.8) is 0 Å². The number of ether oxygens (including phenoxy) is 3. The summed E-state index contributed by atoms with van der Waals surface area (Å²) in [4.78, 5) is 14.4. The van der Waals surface area contributed by atoms with E-state index in [9.17, 15) is 4.79 Å². The molecule has 2 heterocycles. The smallest absolute Gasteiger partial charge is 0.226 e. The second-order valence-corrected chi connectivity index (χ2v) is 6.48. The molecule has 23 heavy (non-hydrogen) atoms. The molecule has 5 nitrogen and oxygen atoms in total. The van der Waals surface area contributed by atoms with Crippen molar-refractivity contribution in [2.75, 3.05) is 26.3 Å². The number of likely N-dealkylation sites (tertiary alicyclic amines) is 1. The molecule has 2 aliphatic rings. The third-order valence-electron chi connectivity index (χ3n) is 4.34. The second-order valence-electron chi connectivity index (χ2n) is 6.48. The van der Waals surface area contributed by atoms with E-state index >= 15 is 0 Å². The van der Waals surface area contributed by atoms with Crippen molar-refractivity contribution in [3.8, 4) is 5.75 Å². The predicted octanol–water partition coefficient (Wildman–Crippen LogP) is 2.38. The maximum Gasteiger partial charge on any atom is 0.226 e. The lowest BCUT2D eigenvalue weighted by Gasteiger charge is -2.37. The Morgan fingerprint density at radius 1 is 1.17 bits per heavy atom. The molecule has 0 aliphatic carbocycles. The Bertz CT molecular complexity index is 524. The summed E-state index contributed by atoms with van der Waals surface area (Å²) < 4.78 is 17.0. The molecule has 2 fully saturated rings. The minimum absolute atomic E-state index is 0.156. The number of piperidine rings is 1. The minimum Gasteiger partial charge on any atom is -0.491 e. The molecule has 5 heteroatoms. The van der Waals surface area contributed by atoms with Gasteiger partial charge in [0.2, 0.25) is 5.91 Å². The van der Waals surface area contributed by atoms with E-state index in [1.807, 2.05) is 43.0 Å². The van der Waals surface area contributed by atoms with Crippen LogP contribution in [0.3, 0.4) is 0 Å². The molecule has 0 saturated carbocycles. The van der Waals surface area contributed by atoms with Gasteiger partial charge in [-0.1, -0.05) is 12.1 Å². The van der Waals surface area contributed by atoms with Gasteiger partial charge in [0.25, 0.3) is 0 Å². The van der Waals surface area contributed by atoms with Crippen LogP contribution >= 0.6 is 0 Å². The molecule has 1 amide bonds. The topological polar surface area (TPSA) is 48.0 Å². The number of nitrogens with zero attached hydrogens (tertiary/aromatic N) is 1. The number of hydrogen-bond donors (Lipinski definition) is 0. The molecular weight excluding hydrogens is 294 g/mol. The van der Waals surface area contributed by atoms with Crippen molar-refractivity contribution in [1.29, 1.82) is 0 Å². The van der Waals surface area contributed by atoms with E-state index in [1.54, 1.807) is 0 Å². The molecule has 3 rings (SSSR count). The van der Waals surface area contributed by atoms with Crippen molar-refractivity contribution in [3.05, 3.63) is 29.8 Å². The summed E-state index contributed by atoms with van der Waals surface area (Å²) in [7, 11) is 0. The number of amides is 1. The Hall–Kier alpha value is -1.59. The van der Waals surface area contributed by atoms with E-state index in [4.69, 9.17) is 14.2 Å². The van der Waals surface area contributed by atoms with Gasteiger partial charge in [0, 0.05) is 25.9 Å². The highest BCUT2D eigenvalue weighted by Gasteiger charge is 2.40. The third kappa shape index (κ3) is 4.03. The third-order valence-corrected chi connectivity index (χ3v) is 4.34. The zero-order valence-electron chi connectivity index (χ0n) is 13.9. The van der Waals surface area contributed by atoms with Gasteiger partial charge in [-0.25, -0.2) is 0 Å². The number of hydrogen-bond acceptors (Lipinski definition) is 4. The van der Waals surface area contributed by atoms with Crippen LogP contribution in [0, 0.1) is 0 Å². The standard InChI is InChI=1S/C18H25NO4/c1-14(2)23-16-5-3-15(4-6-16)13-17(20)19-9-7-18(8-10-19)21-11-12-22-18/h3-6,14H,7-13H2,1-2H3. The zero-order chi connectivity index (χ0) is 16.3. The summed E-state index contributed by atoms with van der Waals surface area (Å²) in [5.41, 5.74) is 1.01. The van der Waals surface area contributed by atoms with Crippen LogP contribution in [-0.4, -0.2) is 49.0 Å². The van der Waals surface area contributed by atoms with Gasteiger partial charge in [-0.05, 0) is 31.5 Å². The second kappa shape index (κ2) is 6.89. The monoisotopic (exact) mass is 319 g/mol. The molecule has 1 aromatic rings. The molecular formula is C18H25NO4. The first-order valence-corrected chi connectivity index (χ1v) is 8.38. The summed E-state index contributed by atoms with van der Waals surface area (Å²) in [6.07, 6.45) is 2.11. The molecule has 126 valence electrons. The lowest BCUT2D eigenvalue weighted by Crippen LogP contribution is -2.47. The molecule has 0 N–H and O–H groups in total. The Morgan fingerprint density at radius 3 is 2.35 bits per heavy atom. The fourth-order valence-electron chi connectivity index (χ4n) is 3.13. The predicted molar refractivity (Wildman–Crippen MR) is 86.4 cm³/mol. The van der Waals surface area contributed by atoms with E-state index < -0.39 is 5.79 Å². The molecule has 0 radical (unpaired) electrons. The maximum atomic E-state index is 12.4. The van der Waals surface area contributed by atoms with Gasteiger partial charge in [0.15, 0.2) is 5.79 Å². The van der Waals surface area contributed by atoms with Crippen LogP contribution in [0.15, 0.2) is 24.3 Å². The molecule has 0 aromatic heterocycles. The molecule has 2 saturated heterocycles. The summed E-state index contributed by atoms with van der Waals surface area (Å²) in [5, 5.41) is 0. The summed E-state index contributed by atoms with van der Waals surface area (Å²) in [6, 6.07) is 7.77. The van der Waals surface area contributed by atoms with E-state index in [-0.39, 0.29) is 12.0 Å². The molecule has 1 aromatic carbocycles. The van der Waals surface area contributed by atoms with Crippen LogP contribution < -0.4 is 4.74 Å². The van der Waals surface area contributed by atoms with Crippen molar-refractivity contribution >= 4 is 5.91 Å². The van der Waals surface area contributed by atoms with Crippen LogP contribution in [0.1, 0.15) is 32.3 Å². The average molecular weight is 319 g/mol. The maximum absolute atomic E-state index is 12.4. The van der Waals surface area contributed by atoms with Gasteiger partial charge in [-0.3, -0.25) is 4.79 Å². The quantitative estimate of drug-likeness (QED) is 0.855. The fourth-order valence-corrected chi connectivity index (χ4v) is 3.13. The largest absolute Gasteiger partial charge is 0.491 e. The lowest BCUT2D eigenvalue weighted by molar-refractivity contribution is -0.187. The first kappa shape index (κ1) is 16.3. The molecule has 0 atom stereocenters. The molecule has 0 bridgehead atoms. The normalized spacial score (nSPS) is 20.2. The van der Waals surface area contributed by atoms with Crippen LogP contribution in [0.2, 0.25) is 0 Å². The Kier molecular flexibility index (Phi) is 4.87. The molecule has 2 aliphatic heterocycles. The highest BCUT2D eigenvalue weighted by atomic mass is 16.7. The van der Waals surface area contributed by atoms with Crippen molar-refractivity contribution < 1.29 is 19.0 Å². The summed E-state index contributed by atoms with van der Waals surface area (Å²) in [6.45, 7) is 6.73. The molecule has 1 spiro atoms. The first-order chi connectivity index (χ1) is 11.1. The highest BCUT2D eigenvalue weighted by molar-refractivity contribution is 5.78. The Morgan fingerprint density at radius 2 is 1.78 bits per heavy atom. The summed E-state index contributed by atoms with van der Waals surface area (Å²) in [5.74, 6) is 0.578. The SMILES string of the molecule is CC(C)Oc1ccc(CC(=O)N2CCC3(CC2)OCCO3)cc1. The van der Waals surface area contributed by atoms with Gasteiger partial charge in [-0.2, -0.15) is 0 Å². The van der Waals surface area contributed by atoms with E-state index in [0.29, 0.717) is 32.7 Å². The van der Waals surface area contributed by atoms with Gasteiger partial charge in [-0.15, -0.1) is 0 Å². The first-order valence-electron chi connectivity index (χ1n) is 8.38. The number of benzene rings is 1. The minimum atomic E-state index is -0.424. The van der Waals surface area contributed by atoms with Crippen LogP contribution in [0.5, 0.6) is 5.75 Å². The lowest BCUT2D eigenvalue weighted by atomic mass is 10.0. The molecule has 0 unspecified atom stereocenters. The van der Waals surface area contributed by atoms with Crippen molar-refractivity contribution in [2.24, 2.45) is 0 Å². The van der Waals surface area contributed by atoms with E-state index in [2.05, 4.69) is 0 Å². The Balaban J connectivity index is 1.51. The Labute approximate surface area is 137 Å². The van der Waals surface area contributed by atoms with E-state index in [1.165, 1.54) is 0 Å². The van der Waals surface area contributed by atoms with E-state index in [0.717, 1.165) is 24.2 Å². The number of rotatable bonds is 4. The number of carbonyl (C=O) groups excluding carboxylic acids is 1. The summed E-state index contributed by atoms with van der Waals surface area (Å²) >= 11 is 0. The highest BCUT2D eigenvalue weighted by Crippen LogP contribution is 2.31. The van der Waals surface area contributed by atoms with Gasteiger partial charge in [0.05, 0.1) is 25.7 Å². The zero-order valence-corrected chi connectivity index (χ0v) is 13.9. The van der Waals surface area contributed by atoms with Crippen molar-refractivity contribution in [2.45, 2.75) is 45.0 Å². The van der Waals surface area contributed by atoms with Crippen LogP contribution in [0.25, 0.3) is 0 Å². The van der Waals surface area contributed by atoms with Gasteiger partial charge in [0.1, 0.15) is 5.75 Å². The average Bonchev–Trinajstić information content (AvgIpc) is 2.97. The van der Waals surface area contributed by atoms with Gasteiger partial charge >= 0.3 is 0 Å². The van der Waals surface area contributed by atoms with Gasteiger partial charge < -0.3 is 19.1 Å². The fraction of sp³-hybridized carbons (Fsp3) is 0.611.